The molecular weight excluding hydrogens is 341 g/mol. The third-order valence-corrected chi connectivity index (χ3v) is 3.88. The standard InChI is InChI=1S/C13H21F3O6S/c1-6-7-12(9(2)17,10(18)22-11(3,4)5)8-21-23(19,20)13(14,15)16/h6-8H2,1-5H3. The van der Waals surface area contributed by atoms with Gasteiger partial charge in [0.1, 0.15) is 11.4 Å². The van der Waals surface area contributed by atoms with E-state index in [-0.39, 0.29) is 12.8 Å². The van der Waals surface area contributed by atoms with Gasteiger partial charge in [-0.25, -0.2) is 0 Å². The molecule has 0 heterocycles. The van der Waals surface area contributed by atoms with Crippen LogP contribution in [0.25, 0.3) is 0 Å². The summed E-state index contributed by atoms with van der Waals surface area (Å²) in [5, 5.41) is 0. The summed E-state index contributed by atoms with van der Waals surface area (Å²) in [4.78, 5) is 24.2. The quantitative estimate of drug-likeness (QED) is 0.299. The molecule has 0 amide bonds. The predicted molar refractivity (Wildman–Crippen MR) is 74.8 cm³/mol. The third-order valence-electron chi connectivity index (χ3n) is 2.88. The molecule has 0 rings (SSSR count). The van der Waals surface area contributed by atoms with E-state index in [9.17, 15) is 31.2 Å². The smallest absolute Gasteiger partial charge is 0.459 e. The SMILES string of the molecule is CCCC(COS(=O)(=O)C(F)(F)F)(C(C)=O)C(=O)OC(C)(C)C. The lowest BCUT2D eigenvalue weighted by atomic mass is 9.80. The Morgan fingerprint density at radius 3 is 1.87 bits per heavy atom. The molecule has 0 fully saturated rings. The van der Waals surface area contributed by atoms with E-state index >= 15 is 0 Å². The van der Waals surface area contributed by atoms with Gasteiger partial charge in [-0.1, -0.05) is 13.3 Å². The Hall–Kier alpha value is -1.16. The first-order chi connectivity index (χ1) is 10.1. The molecule has 1 atom stereocenters. The number of ketones is 1. The molecule has 1 unspecified atom stereocenters. The van der Waals surface area contributed by atoms with Crippen LogP contribution in [0.2, 0.25) is 0 Å². The van der Waals surface area contributed by atoms with Crippen molar-refractivity contribution < 1.29 is 40.1 Å². The number of halogens is 3. The van der Waals surface area contributed by atoms with Gasteiger partial charge in [-0.15, -0.1) is 0 Å². The number of hydrogen-bond acceptors (Lipinski definition) is 6. The zero-order chi connectivity index (χ0) is 18.7. The zero-order valence-electron chi connectivity index (χ0n) is 13.6. The summed E-state index contributed by atoms with van der Waals surface area (Å²) in [5.41, 5.74) is -8.76. The number of alkyl halides is 3. The lowest BCUT2D eigenvalue weighted by Crippen LogP contribution is -2.47. The first-order valence-electron chi connectivity index (χ1n) is 6.79. The van der Waals surface area contributed by atoms with E-state index in [1.165, 1.54) is 20.8 Å². The van der Waals surface area contributed by atoms with Gasteiger partial charge in [0.25, 0.3) is 0 Å². The van der Waals surface area contributed by atoms with Crippen LogP contribution in [0.5, 0.6) is 0 Å². The molecule has 0 bridgehead atoms. The second kappa shape index (κ2) is 7.16. The molecule has 0 aliphatic rings. The van der Waals surface area contributed by atoms with Crippen LogP contribution < -0.4 is 0 Å². The summed E-state index contributed by atoms with van der Waals surface area (Å²) < 4.78 is 68.1. The molecule has 10 heteroatoms. The highest BCUT2D eigenvalue weighted by Crippen LogP contribution is 2.33. The average Bonchev–Trinajstić information content (AvgIpc) is 2.30. The van der Waals surface area contributed by atoms with E-state index in [0.29, 0.717) is 0 Å². The minimum Gasteiger partial charge on any atom is -0.459 e. The molecule has 0 saturated heterocycles. The van der Waals surface area contributed by atoms with E-state index < -0.39 is 45.0 Å². The van der Waals surface area contributed by atoms with Crippen molar-refractivity contribution in [1.82, 2.24) is 0 Å². The summed E-state index contributed by atoms with van der Waals surface area (Å²) in [5.74, 6) is -1.94. The van der Waals surface area contributed by atoms with Gasteiger partial charge in [-0.05, 0) is 34.1 Å². The first-order valence-corrected chi connectivity index (χ1v) is 8.20. The third kappa shape index (κ3) is 5.76. The molecule has 0 N–H and O–H groups in total. The maximum atomic E-state index is 12.4. The van der Waals surface area contributed by atoms with Crippen molar-refractivity contribution in [2.45, 2.75) is 58.6 Å². The van der Waals surface area contributed by atoms with E-state index in [4.69, 9.17) is 4.74 Å². The van der Waals surface area contributed by atoms with Crippen LogP contribution in [0.3, 0.4) is 0 Å². The second-order valence-electron chi connectivity index (χ2n) is 6.05. The van der Waals surface area contributed by atoms with E-state index in [2.05, 4.69) is 4.18 Å². The Morgan fingerprint density at radius 1 is 1.09 bits per heavy atom. The molecule has 23 heavy (non-hydrogen) atoms. The molecule has 0 aliphatic heterocycles. The topological polar surface area (TPSA) is 86.7 Å². The second-order valence-corrected chi connectivity index (χ2v) is 7.66. The summed E-state index contributed by atoms with van der Waals surface area (Å²) in [6.07, 6.45) is 0.0267. The fraction of sp³-hybridized carbons (Fsp3) is 0.846. The largest absolute Gasteiger partial charge is 0.523 e. The predicted octanol–water partition coefficient (Wildman–Crippen LogP) is 2.57. The van der Waals surface area contributed by atoms with Crippen molar-refractivity contribution >= 4 is 21.9 Å². The van der Waals surface area contributed by atoms with Crippen LogP contribution in [0, 0.1) is 5.41 Å². The van der Waals surface area contributed by atoms with Crippen molar-refractivity contribution in [2.24, 2.45) is 5.41 Å². The normalized spacial score (nSPS) is 15.8. The maximum absolute atomic E-state index is 12.4. The summed E-state index contributed by atoms with van der Waals surface area (Å²) in [7, 11) is -5.92. The Kier molecular flexibility index (Phi) is 6.80. The number of rotatable bonds is 7. The van der Waals surface area contributed by atoms with E-state index in [1.807, 2.05) is 0 Å². The number of Topliss-reactive ketones (excluding diaryl/α,β-unsaturated/α-hetero) is 1. The van der Waals surface area contributed by atoms with Crippen LogP contribution in [0.4, 0.5) is 13.2 Å². The van der Waals surface area contributed by atoms with Crippen LogP contribution in [0.15, 0.2) is 0 Å². The van der Waals surface area contributed by atoms with Crippen LogP contribution in [-0.4, -0.2) is 37.9 Å². The van der Waals surface area contributed by atoms with Gasteiger partial charge in [-0.3, -0.25) is 13.8 Å². The van der Waals surface area contributed by atoms with Gasteiger partial charge in [0.15, 0.2) is 5.41 Å². The monoisotopic (exact) mass is 362 g/mol. The molecule has 0 aromatic carbocycles. The Balaban J connectivity index is 5.63. The number of esters is 1. The van der Waals surface area contributed by atoms with Gasteiger partial charge < -0.3 is 4.74 Å². The highest BCUT2D eigenvalue weighted by atomic mass is 32.2. The lowest BCUT2D eigenvalue weighted by molar-refractivity contribution is -0.173. The maximum Gasteiger partial charge on any atom is 0.523 e. The van der Waals surface area contributed by atoms with Crippen molar-refractivity contribution in [3.63, 3.8) is 0 Å². The molecule has 6 nitrogen and oxygen atoms in total. The van der Waals surface area contributed by atoms with Crippen LogP contribution >= 0.6 is 0 Å². The minimum absolute atomic E-state index is 0.204. The molecule has 0 spiro atoms. The van der Waals surface area contributed by atoms with Gasteiger partial charge in [-0.2, -0.15) is 21.6 Å². The van der Waals surface area contributed by atoms with Crippen molar-refractivity contribution in [3.8, 4) is 0 Å². The summed E-state index contributed by atoms with van der Waals surface area (Å²) >= 11 is 0. The summed E-state index contributed by atoms with van der Waals surface area (Å²) in [6.45, 7) is 5.83. The van der Waals surface area contributed by atoms with Gasteiger partial charge in [0.05, 0.1) is 6.61 Å². The van der Waals surface area contributed by atoms with Crippen molar-refractivity contribution in [2.75, 3.05) is 6.61 Å². The molecule has 0 aromatic rings. The Labute approximate surface area is 133 Å². The molecule has 0 radical (unpaired) electrons. The van der Waals surface area contributed by atoms with Crippen LogP contribution in [0.1, 0.15) is 47.5 Å². The molecule has 0 saturated carbocycles. The van der Waals surface area contributed by atoms with E-state index in [1.54, 1.807) is 6.92 Å². The van der Waals surface area contributed by atoms with Gasteiger partial charge >= 0.3 is 21.6 Å². The minimum atomic E-state index is -5.92. The highest BCUT2D eigenvalue weighted by molar-refractivity contribution is 7.87. The van der Waals surface area contributed by atoms with Crippen LogP contribution in [-0.2, 0) is 28.6 Å². The van der Waals surface area contributed by atoms with Gasteiger partial charge in [0, 0.05) is 0 Å². The molecule has 0 aromatic heterocycles. The van der Waals surface area contributed by atoms with E-state index in [0.717, 1.165) is 6.92 Å². The number of hydrogen-bond donors (Lipinski definition) is 0. The Morgan fingerprint density at radius 2 is 1.57 bits per heavy atom. The average molecular weight is 362 g/mol. The summed E-state index contributed by atoms with van der Waals surface area (Å²) in [6, 6.07) is 0. The first kappa shape index (κ1) is 21.8. The number of carbonyl (C=O) groups excluding carboxylic acids is 2. The number of carbonyl (C=O) groups is 2. The fourth-order valence-corrected chi connectivity index (χ4v) is 2.19. The molecular formula is C13H21F3O6S. The van der Waals surface area contributed by atoms with Gasteiger partial charge in [0.2, 0.25) is 0 Å². The molecule has 136 valence electrons. The van der Waals surface area contributed by atoms with Crippen molar-refractivity contribution in [1.29, 1.82) is 0 Å². The lowest BCUT2D eigenvalue weighted by Gasteiger charge is -2.31. The van der Waals surface area contributed by atoms with Crippen molar-refractivity contribution in [3.05, 3.63) is 0 Å². The molecule has 0 aliphatic carbocycles. The fourth-order valence-electron chi connectivity index (χ4n) is 1.70. The number of ether oxygens (including phenoxy) is 1. The zero-order valence-corrected chi connectivity index (χ0v) is 14.4. The highest BCUT2D eigenvalue weighted by Gasteiger charge is 2.52. The Bertz CT molecular complexity index is 547.